The van der Waals surface area contributed by atoms with Gasteiger partial charge in [-0.2, -0.15) is 5.10 Å². The number of aliphatic imine (C=N–C) groups is 1. The summed E-state index contributed by atoms with van der Waals surface area (Å²) in [6, 6.07) is 0.401. The lowest BCUT2D eigenvalue weighted by atomic mass is 10.1. The van der Waals surface area contributed by atoms with Crippen molar-refractivity contribution in [2.45, 2.75) is 47.1 Å². The van der Waals surface area contributed by atoms with Gasteiger partial charge in [-0.15, -0.1) is 0 Å². The summed E-state index contributed by atoms with van der Waals surface area (Å²) in [5.74, 6) is 0.971. The average molecular weight is 304 g/mol. The maximum atomic E-state index is 4.50. The number of nitrogens with zero attached hydrogens (tertiary/aromatic N) is 4. The molecule has 0 N–H and O–H groups in total. The van der Waals surface area contributed by atoms with Crippen LogP contribution in [0, 0.1) is 0 Å². The quantitative estimate of drug-likeness (QED) is 0.307. The fourth-order valence-corrected chi connectivity index (χ4v) is 1.38. The highest BCUT2D eigenvalue weighted by molar-refractivity contribution is 5.92. The smallest absolute Gasteiger partial charge is 0.100 e. The van der Waals surface area contributed by atoms with Crippen LogP contribution in [-0.2, 0) is 0 Å². The molecular weight excluding hydrogens is 272 g/mol. The van der Waals surface area contributed by atoms with E-state index in [-0.39, 0.29) is 0 Å². The molecule has 0 spiro atoms. The van der Waals surface area contributed by atoms with E-state index in [4.69, 9.17) is 0 Å². The monoisotopic (exact) mass is 304 g/mol. The van der Waals surface area contributed by atoms with E-state index in [1.807, 2.05) is 64.1 Å². The predicted octanol–water partition coefficient (Wildman–Crippen LogP) is 4.09. The first-order chi connectivity index (χ1) is 10.1. The number of hydrogen-bond donors (Lipinski definition) is 0. The van der Waals surface area contributed by atoms with Crippen LogP contribution in [0.25, 0.3) is 0 Å². The van der Waals surface area contributed by atoms with Gasteiger partial charge in [0.15, 0.2) is 0 Å². The van der Waals surface area contributed by atoms with Gasteiger partial charge in [-0.05, 0) is 52.7 Å². The Kier molecular flexibility index (Phi) is 9.15. The van der Waals surface area contributed by atoms with Crippen LogP contribution in [-0.4, -0.2) is 48.6 Å². The molecule has 0 bridgehead atoms. The normalized spacial score (nSPS) is 14.0. The lowest BCUT2D eigenvalue weighted by Gasteiger charge is -2.17. The van der Waals surface area contributed by atoms with Crippen molar-refractivity contribution >= 4 is 11.5 Å². The van der Waals surface area contributed by atoms with Gasteiger partial charge >= 0.3 is 0 Å². The highest BCUT2D eigenvalue weighted by atomic mass is 15.4. The largest absolute Gasteiger partial charge is 0.366 e. The van der Waals surface area contributed by atoms with Crippen LogP contribution in [0.3, 0.4) is 0 Å². The summed E-state index contributed by atoms with van der Waals surface area (Å²) in [5, 5.41) is 6.46. The van der Waals surface area contributed by atoms with Crippen molar-refractivity contribution in [3.05, 3.63) is 36.1 Å². The molecule has 0 fully saturated rings. The van der Waals surface area contributed by atoms with E-state index in [1.54, 1.807) is 0 Å². The van der Waals surface area contributed by atoms with Gasteiger partial charge in [-0.1, -0.05) is 18.2 Å². The molecule has 0 saturated heterocycles. The lowest BCUT2D eigenvalue weighted by molar-refractivity contribution is 0.289. The molecule has 0 aliphatic carbocycles. The molecule has 0 radical (unpaired) electrons. The second-order valence-electron chi connectivity index (χ2n) is 6.02. The first-order valence-electron chi connectivity index (χ1n) is 7.66. The van der Waals surface area contributed by atoms with Crippen molar-refractivity contribution in [1.82, 2.24) is 9.91 Å². The fourth-order valence-electron chi connectivity index (χ4n) is 1.38. The van der Waals surface area contributed by atoms with E-state index in [9.17, 15) is 0 Å². The molecule has 4 nitrogen and oxygen atoms in total. The molecule has 0 aromatic rings. The molecular formula is C18H32N4. The molecule has 0 amide bonds. The van der Waals surface area contributed by atoms with E-state index in [0.717, 1.165) is 29.1 Å². The Balaban J connectivity index is 4.87. The van der Waals surface area contributed by atoms with Crippen LogP contribution < -0.4 is 0 Å². The molecule has 22 heavy (non-hydrogen) atoms. The van der Waals surface area contributed by atoms with Gasteiger partial charge in [0.2, 0.25) is 0 Å². The van der Waals surface area contributed by atoms with Crippen LogP contribution in [0.15, 0.2) is 46.2 Å². The molecule has 0 atom stereocenters. The number of amidine groups is 1. The molecule has 124 valence electrons. The van der Waals surface area contributed by atoms with E-state index < -0.39 is 0 Å². The zero-order valence-electron chi connectivity index (χ0n) is 15.5. The minimum atomic E-state index is 0.401. The van der Waals surface area contributed by atoms with Crippen LogP contribution in [0.5, 0.6) is 0 Å². The number of rotatable bonds is 7. The maximum absolute atomic E-state index is 4.50. The standard InChI is InChI=1S/C18H32N4/c1-14(2)18(13-19-17(6)21(7)8)12-10-11-16(5)20-22(9)15(3)4/h10-11,13,15H,1,12H2,2-9H3/b11-10+,18-13-,19-17?,20-16-. The van der Waals surface area contributed by atoms with Crippen LogP contribution in [0.2, 0.25) is 0 Å². The van der Waals surface area contributed by atoms with Crippen LogP contribution >= 0.6 is 0 Å². The summed E-state index contributed by atoms with van der Waals surface area (Å²) in [6.45, 7) is 14.3. The van der Waals surface area contributed by atoms with Crippen molar-refractivity contribution in [3.8, 4) is 0 Å². The van der Waals surface area contributed by atoms with Gasteiger partial charge in [-0.25, -0.2) is 4.99 Å². The third kappa shape index (κ3) is 8.45. The van der Waals surface area contributed by atoms with E-state index >= 15 is 0 Å². The Bertz CT molecular complexity index is 479. The fraction of sp³-hybridized carbons (Fsp3) is 0.556. The van der Waals surface area contributed by atoms with E-state index in [0.29, 0.717) is 6.04 Å². The van der Waals surface area contributed by atoms with Crippen LogP contribution in [0.4, 0.5) is 0 Å². The van der Waals surface area contributed by atoms with Gasteiger partial charge < -0.3 is 4.90 Å². The Morgan fingerprint density at radius 2 is 1.73 bits per heavy atom. The first kappa shape index (κ1) is 20.2. The molecule has 4 heteroatoms. The first-order valence-corrected chi connectivity index (χ1v) is 7.66. The molecule has 0 heterocycles. The summed E-state index contributed by atoms with van der Waals surface area (Å²) in [6.07, 6.45) is 6.85. The van der Waals surface area contributed by atoms with Crippen molar-refractivity contribution in [3.63, 3.8) is 0 Å². The highest BCUT2D eigenvalue weighted by Crippen LogP contribution is 2.13. The predicted molar refractivity (Wildman–Crippen MR) is 99.5 cm³/mol. The summed E-state index contributed by atoms with van der Waals surface area (Å²) < 4.78 is 0. The minimum Gasteiger partial charge on any atom is -0.366 e. The Hall–Kier alpha value is -1.84. The topological polar surface area (TPSA) is 31.2 Å². The van der Waals surface area contributed by atoms with Gasteiger partial charge in [-0.3, -0.25) is 5.01 Å². The molecule has 0 aliphatic heterocycles. The SMILES string of the molecule is C=C(C)/C(=C\N=C(C)N(C)C)C/C=C/C(C)=N\N(C)C(C)C. The Morgan fingerprint density at radius 1 is 1.14 bits per heavy atom. The second-order valence-corrected chi connectivity index (χ2v) is 6.02. The third-order valence-corrected chi connectivity index (χ3v) is 3.36. The average Bonchev–Trinajstić information content (AvgIpc) is 2.41. The van der Waals surface area contributed by atoms with Gasteiger partial charge in [0.25, 0.3) is 0 Å². The zero-order chi connectivity index (χ0) is 17.3. The molecule has 0 rings (SSSR count). The lowest BCUT2D eigenvalue weighted by Crippen LogP contribution is -2.21. The molecule has 0 saturated carbocycles. The summed E-state index contributed by atoms with van der Waals surface area (Å²) in [4.78, 5) is 6.45. The molecule has 0 aromatic carbocycles. The zero-order valence-corrected chi connectivity index (χ0v) is 15.5. The van der Waals surface area contributed by atoms with Crippen molar-refractivity contribution in [2.24, 2.45) is 10.1 Å². The summed E-state index contributed by atoms with van der Waals surface area (Å²) in [5.41, 5.74) is 3.15. The Morgan fingerprint density at radius 3 is 2.18 bits per heavy atom. The van der Waals surface area contributed by atoms with Gasteiger partial charge in [0.05, 0.1) is 5.71 Å². The molecule has 0 aromatic heterocycles. The van der Waals surface area contributed by atoms with Crippen molar-refractivity contribution in [2.75, 3.05) is 21.1 Å². The van der Waals surface area contributed by atoms with Crippen molar-refractivity contribution < 1.29 is 0 Å². The van der Waals surface area contributed by atoms with Crippen molar-refractivity contribution in [1.29, 1.82) is 0 Å². The molecule has 0 aliphatic rings. The minimum absolute atomic E-state index is 0.401. The highest BCUT2D eigenvalue weighted by Gasteiger charge is 1.99. The third-order valence-electron chi connectivity index (χ3n) is 3.36. The van der Waals surface area contributed by atoms with Gasteiger partial charge in [0, 0.05) is 33.4 Å². The second kappa shape index (κ2) is 9.98. The van der Waals surface area contributed by atoms with E-state index in [1.165, 1.54) is 0 Å². The van der Waals surface area contributed by atoms with Gasteiger partial charge in [0.1, 0.15) is 5.84 Å². The number of hydrazone groups is 1. The number of allylic oxidation sites excluding steroid dienone is 4. The van der Waals surface area contributed by atoms with E-state index in [2.05, 4.69) is 36.6 Å². The summed E-state index contributed by atoms with van der Waals surface area (Å²) >= 11 is 0. The maximum Gasteiger partial charge on any atom is 0.100 e. The number of hydrogen-bond acceptors (Lipinski definition) is 3. The summed E-state index contributed by atoms with van der Waals surface area (Å²) in [7, 11) is 5.95. The van der Waals surface area contributed by atoms with Crippen LogP contribution in [0.1, 0.15) is 41.0 Å². The Labute approximate surface area is 136 Å². The molecule has 0 unspecified atom stereocenters.